The second-order valence-electron chi connectivity index (χ2n) is 9.82. The number of thiazole rings is 1. The van der Waals surface area contributed by atoms with Gasteiger partial charge in [-0.15, -0.1) is 37.7 Å². The summed E-state index contributed by atoms with van der Waals surface area (Å²) in [7, 11) is -4.11. The van der Waals surface area contributed by atoms with Gasteiger partial charge in [-0.3, -0.25) is 4.79 Å². The van der Waals surface area contributed by atoms with Crippen molar-refractivity contribution < 1.29 is 49.0 Å². The zero-order chi connectivity index (χ0) is 32.4. The van der Waals surface area contributed by atoms with E-state index in [2.05, 4.69) is 19.8 Å². The quantitative estimate of drug-likeness (QED) is 0.196. The molecule has 1 amide bonds. The number of piperidine rings is 1. The second kappa shape index (κ2) is 12.7. The number of halogens is 6. The zero-order valence-corrected chi connectivity index (χ0v) is 24.6. The Hall–Kier alpha value is -4.15. The third kappa shape index (κ3) is 8.12. The van der Waals surface area contributed by atoms with Crippen molar-refractivity contribution >= 4 is 32.4 Å². The monoisotopic (exact) mass is 671 g/mol. The van der Waals surface area contributed by atoms with Gasteiger partial charge in [-0.25, -0.2) is 13.4 Å². The van der Waals surface area contributed by atoms with Crippen LogP contribution in [0.4, 0.5) is 31.5 Å². The summed E-state index contributed by atoms with van der Waals surface area (Å²) in [6.45, 7) is 0.109. The largest absolute Gasteiger partial charge is 0.573 e. The SMILES string of the molecule is O=C(Nc1nc(-c2ccc(OC(F)(F)F)cc2)cs1)[C@H]1CCCCN1S(=O)(=O)c1ccc(-c2ccc(OC(F)(F)F)cc2)cc1. The number of anilines is 1. The van der Waals surface area contributed by atoms with Crippen molar-refractivity contribution in [3.8, 4) is 33.9 Å². The number of alkyl halides is 6. The molecule has 238 valence electrons. The van der Waals surface area contributed by atoms with Gasteiger partial charge < -0.3 is 14.8 Å². The highest BCUT2D eigenvalue weighted by atomic mass is 32.2. The Morgan fingerprint density at radius 2 is 1.31 bits per heavy atom. The van der Waals surface area contributed by atoms with Gasteiger partial charge in [0.15, 0.2) is 5.13 Å². The molecule has 1 atom stereocenters. The Bertz CT molecular complexity index is 1740. The molecule has 8 nitrogen and oxygen atoms in total. The molecule has 1 aromatic heterocycles. The minimum Gasteiger partial charge on any atom is -0.406 e. The molecule has 5 rings (SSSR count). The fraction of sp³-hybridized carbons (Fsp3) is 0.241. The summed E-state index contributed by atoms with van der Waals surface area (Å²) in [5, 5.41) is 4.44. The maximum Gasteiger partial charge on any atom is 0.573 e. The van der Waals surface area contributed by atoms with Gasteiger partial charge in [0.1, 0.15) is 17.5 Å². The molecule has 1 saturated heterocycles. The lowest BCUT2D eigenvalue weighted by Crippen LogP contribution is -2.49. The van der Waals surface area contributed by atoms with Crippen LogP contribution in [-0.4, -0.2) is 48.9 Å². The number of nitrogens with zero attached hydrogens (tertiary/aromatic N) is 2. The van der Waals surface area contributed by atoms with E-state index in [9.17, 15) is 39.6 Å². The molecule has 4 aromatic rings. The fourth-order valence-corrected chi connectivity index (χ4v) is 7.12. The van der Waals surface area contributed by atoms with Gasteiger partial charge in [-0.1, -0.05) is 30.7 Å². The van der Waals surface area contributed by atoms with E-state index in [0.29, 0.717) is 35.2 Å². The highest BCUT2D eigenvalue weighted by Gasteiger charge is 2.38. The van der Waals surface area contributed by atoms with Gasteiger partial charge in [0.25, 0.3) is 0 Å². The Balaban J connectivity index is 1.27. The van der Waals surface area contributed by atoms with Crippen LogP contribution in [0.5, 0.6) is 11.5 Å². The van der Waals surface area contributed by atoms with Crippen molar-refractivity contribution in [1.29, 1.82) is 0 Å². The van der Waals surface area contributed by atoms with E-state index in [4.69, 9.17) is 0 Å². The summed E-state index contributed by atoms with van der Waals surface area (Å²) in [5.41, 5.74) is 1.97. The highest BCUT2D eigenvalue weighted by molar-refractivity contribution is 7.89. The molecule has 2 heterocycles. The number of hydrogen-bond acceptors (Lipinski definition) is 7. The maximum absolute atomic E-state index is 13.6. The molecule has 3 aromatic carbocycles. The summed E-state index contributed by atoms with van der Waals surface area (Å²) in [4.78, 5) is 17.5. The lowest BCUT2D eigenvalue weighted by Gasteiger charge is -2.33. The predicted octanol–water partition coefficient (Wildman–Crippen LogP) is 7.46. The average Bonchev–Trinajstić information content (AvgIpc) is 3.45. The minimum absolute atomic E-state index is 0.0579. The summed E-state index contributed by atoms with van der Waals surface area (Å²) in [5.74, 6) is -1.36. The Morgan fingerprint density at radius 1 is 0.800 bits per heavy atom. The number of hydrogen-bond donors (Lipinski definition) is 1. The Morgan fingerprint density at radius 3 is 1.84 bits per heavy atom. The van der Waals surface area contributed by atoms with Crippen LogP contribution >= 0.6 is 11.3 Å². The van der Waals surface area contributed by atoms with Crippen LogP contribution in [0.1, 0.15) is 19.3 Å². The molecule has 45 heavy (non-hydrogen) atoms. The smallest absolute Gasteiger partial charge is 0.406 e. The Labute approximate surface area is 257 Å². The highest BCUT2D eigenvalue weighted by Crippen LogP contribution is 2.32. The zero-order valence-electron chi connectivity index (χ0n) is 22.9. The first-order chi connectivity index (χ1) is 21.2. The first-order valence-corrected chi connectivity index (χ1v) is 15.6. The molecule has 0 radical (unpaired) electrons. The van der Waals surface area contributed by atoms with E-state index in [1.165, 1.54) is 48.5 Å². The molecule has 1 aliphatic heterocycles. The maximum atomic E-state index is 13.6. The third-order valence-electron chi connectivity index (χ3n) is 6.76. The first kappa shape index (κ1) is 32.2. The molecular weight excluding hydrogens is 648 g/mol. The van der Waals surface area contributed by atoms with Crippen LogP contribution in [0.25, 0.3) is 22.4 Å². The number of nitrogens with one attached hydrogen (secondary N) is 1. The number of amides is 1. The number of aromatic nitrogens is 1. The number of rotatable bonds is 8. The fourth-order valence-electron chi connectivity index (χ4n) is 4.74. The summed E-state index contributed by atoms with van der Waals surface area (Å²) < 4.78 is 111. The molecule has 0 aliphatic carbocycles. The van der Waals surface area contributed by atoms with Crippen LogP contribution < -0.4 is 14.8 Å². The average molecular weight is 672 g/mol. The van der Waals surface area contributed by atoms with Crippen molar-refractivity contribution in [2.75, 3.05) is 11.9 Å². The van der Waals surface area contributed by atoms with Crippen LogP contribution in [0.3, 0.4) is 0 Å². The van der Waals surface area contributed by atoms with E-state index in [1.807, 2.05) is 0 Å². The standard InChI is InChI=1S/C29H23F6N3O5S2/c30-28(31,32)42-21-10-4-18(5-11-21)19-8-14-23(15-9-19)45(40,41)38-16-2-1-3-25(38)26(39)37-27-36-24(17-44-27)20-6-12-22(13-7-20)43-29(33,34)35/h4-15,17,25H,1-3,16H2,(H,36,37,39)/t25-/m1/s1. The van der Waals surface area contributed by atoms with Crippen LogP contribution in [0, 0.1) is 0 Å². The van der Waals surface area contributed by atoms with Crippen LogP contribution in [0.2, 0.25) is 0 Å². The van der Waals surface area contributed by atoms with Gasteiger partial charge in [-0.05, 0) is 72.5 Å². The van der Waals surface area contributed by atoms with Gasteiger partial charge in [0, 0.05) is 17.5 Å². The number of sulfonamides is 1. The summed E-state index contributed by atoms with van der Waals surface area (Å²) in [6, 6.07) is 14.9. The molecule has 0 saturated carbocycles. The lowest BCUT2D eigenvalue weighted by molar-refractivity contribution is -0.275. The summed E-state index contributed by atoms with van der Waals surface area (Å²) in [6.07, 6.45) is -8.21. The topological polar surface area (TPSA) is 97.8 Å². The first-order valence-electron chi connectivity index (χ1n) is 13.3. The number of carbonyl (C=O) groups excluding carboxylic acids is 1. The second-order valence-corrected chi connectivity index (χ2v) is 12.6. The minimum atomic E-state index is -4.82. The van der Waals surface area contributed by atoms with Gasteiger partial charge in [0.2, 0.25) is 15.9 Å². The molecule has 1 aliphatic rings. The number of carbonyl (C=O) groups is 1. The van der Waals surface area contributed by atoms with E-state index < -0.39 is 40.4 Å². The molecule has 0 unspecified atom stereocenters. The predicted molar refractivity (Wildman–Crippen MR) is 153 cm³/mol. The Kier molecular flexibility index (Phi) is 9.09. The van der Waals surface area contributed by atoms with Crippen molar-refractivity contribution in [3.63, 3.8) is 0 Å². The molecule has 1 N–H and O–H groups in total. The van der Waals surface area contributed by atoms with E-state index >= 15 is 0 Å². The normalized spacial score (nSPS) is 16.3. The van der Waals surface area contributed by atoms with Crippen molar-refractivity contribution in [2.45, 2.75) is 42.9 Å². The lowest BCUT2D eigenvalue weighted by atomic mass is 10.0. The van der Waals surface area contributed by atoms with E-state index in [1.54, 1.807) is 5.38 Å². The van der Waals surface area contributed by atoms with E-state index in [0.717, 1.165) is 39.9 Å². The van der Waals surface area contributed by atoms with Gasteiger partial charge in [-0.2, -0.15) is 4.31 Å². The van der Waals surface area contributed by atoms with Crippen molar-refractivity contribution in [3.05, 3.63) is 78.2 Å². The molecule has 0 spiro atoms. The van der Waals surface area contributed by atoms with Crippen molar-refractivity contribution in [2.24, 2.45) is 0 Å². The van der Waals surface area contributed by atoms with Crippen molar-refractivity contribution in [1.82, 2.24) is 9.29 Å². The van der Waals surface area contributed by atoms with E-state index in [-0.39, 0.29) is 28.7 Å². The molecule has 0 bridgehead atoms. The van der Waals surface area contributed by atoms with Crippen LogP contribution in [-0.2, 0) is 14.8 Å². The number of benzene rings is 3. The number of ether oxygens (including phenoxy) is 2. The molecule has 1 fully saturated rings. The summed E-state index contributed by atoms with van der Waals surface area (Å²) >= 11 is 1.07. The molecule has 16 heteroatoms. The molecular formula is C29H23F6N3O5S2. The van der Waals surface area contributed by atoms with Crippen LogP contribution in [0.15, 0.2) is 83.1 Å². The van der Waals surface area contributed by atoms with Gasteiger partial charge >= 0.3 is 12.7 Å². The van der Waals surface area contributed by atoms with Gasteiger partial charge in [0.05, 0.1) is 10.6 Å². The third-order valence-corrected chi connectivity index (χ3v) is 9.44.